The molecule has 1 unspecified atom stereocenters. The Morgan fingerprint density at radius 1 is 1.54 bits per heavy atom. The first-order chi connectivity index (χ1) is 6.18. The van der Waals surface area contributed by atoms with Gasteiger partial charge >= 0.3 is 0 Å². The van der Waals surface area contributed by atoms with Crippen molar-refractivity contribution in [2.45, 2.75) is 19.2 Å². The fourth-order valence-electron chi connectivity index (χ4n) is 1.26. The number of nitrogens with zero attached hydrogens (tertiary/aromatic N) is 4. The molecule has 13 heavy (non-hydrogen) atoms. The summed E-state index contributed by atoms with van der Waals surface area (Å²) in [5.41, 5.74) is 1.08. The highest BCUT2D eigenvalue weighted by Gasteiger charge is 2.29. The molecule has 5 heteroatoms. The number of likely N-dealkylation sites (N-methyl/N-ethyl adjacent to an activating group) is 1. The van der Waals surface area contributed by atoms with Crippen LogP contribution in [0.5, 0.6) is 0 Å². The summed E-state index contributed by atoms with van der Waals surface area (Å²) in [6.07, 6.45) is 2.07. The summed E-state index contributed by atoms with van der Waals surface area (Å²) in [7, 11) is 2.03. The highest BCUT2D eigenvalue weighted by molar-refractivity contribution is 7.99. The standard InChI is InChI=1S/C8H12N4S/c1-5(2)6-4-12(3)8-7(9-6)10-11-13-8/h4-5,8H,1-3H3. The fraction of sp³-hybridized carbons (Fsp3) is 0.625. The van der Waals surface area contributed by atoms with Crippen LogP contribution >= 0.6 is 11.9 Å². The van der Waals surface area contributed by atoms with Crippen molar-refractivity contribution in [1.29, 1.82) is 0 Å². The minimum atomic E-state index is 0.197. The molecule has 0 radical (unpaired) electrons. The highest BCUT2D eigenvalue weighted by Crippen LogP contribution is 2.31. The first kappa shape index (κ1) is 8.74. The first-order valence-corrected chi connectivity index (χ1v) is 5.11. The SMILES string of the molecule is CC(C)C1=CN(C)C2SN=NC2=N1. The molecule has 1 atom stereocenters. The lowest BCUT2D eigenvalue weighted by atomic mass is 10.1. The van der Waals surface area contributed by atoms with Gasteiger partial charge in [-0.15, -0.1) is 9.63 Å². The molecule has 0 saturated heterocycles. The van der Waals surface area contributed by atoms with E-state index in [9.17, 15) is 0 Å². The highest BCUT2D eigenvalue weighted by atomic mass is 32.2. The van der Waals surface area contributed by atoms with E-state index in [-0.39, 0.29) is 5.37 Å². The number of rotatable bonds is 1. The zero-order valence-corrected chi connectivity index (χ0v) is 8.75. The fourth-order valence-corrected chi connectivity index (χ4v) is 1.88. The van der Waals surface area contributed by atoms with Crippen molar-refractivity contribution in [3.8, 4) is 0 Å². The van der Waals surface area contributed by atoms with Crippen LogP contribution in [0.4, 0.5) is 0 Å². The third kappa shape index (κ3) is 1.48. The molecule has 4 nitrogen and oxygen atoms in total. The number of hydrogen-bond acceptors (Lipinski definition) is 5. The van der Waals surface area contributed by atoms with E-state index in [0.29, 0.717) is 5.92 Å². The summed E-state index contributed by atoms with van der Waals surface area (Å²) in [5, 5.41) is 4.19. The van der Waals surface area contributed by atoms with Crippen LogP contribution in [0.25, 0.3) is 0 Å². The molecule has 0 aliphatic carbocycles. The largest absolute Gasteiger partial charge is 0.359 e. The summed E-state index contributed by atoms with van der Waals surface area (Å²) in [6.45, 7) is 4.26. The molecule has 0 saturated carbocycles. The minimum Gasteiger partial charge on any atom is -0.359 e. The third-order valence-corrected chi connectivity index (χ3v) is 2.97. The van der Waals surface area contributed by atoms with Crippen molar-refractivity contribution in [2.75, 3.05) is 7.05 Å². The van der Waals surface area contributed by atoms with E-state index in [1.807, 2.05) is 7.05 Å². The molecule has 2 aliphatic heterocycles. The monoisotopic (exact) mass is 196 g/mol. The van der Waals surface area contributed by atoms with Crippen LogP contribution in [-0.2, 0) is 0 Å². The number of fused-ring (bicyclic) bond motifs is 1. The molecule has 0 spiro atoms. The second-order valence-corrected chi connectivity index (χ2v) is 4.30. The van der Waals surface area contributed by atoms with Gasteiger partial charge in [0, 0.05) is 25.2 Å². The average Bonchev–Trinajstić information content (AvgIpc) is 2.51. The maximum absolute atomic E-state index is 4.45. The summed E-state index contributed by atoms with van der Waals surface area (Å²) in [5.74, 6) is 1.27. The van der Waals surface area contributed by atoms with Crippen LogP contribution in [-0.4, -0.2) is 23.2 Å². The van der Waals surface area contributed by atoms with Gasteiger partial charge in [-0.2, -0.15) is 0 Å². The van der Waals surface area contributed by atoms with E-state index < -0.39 is 0 Å². The van der Waals surface area contributed by atoms with Crippen LogP contribution in [0.1, 0.15) is 13.8 Å². The molecule has 2 rings (SSSR count). The Morgan fingerprint density at radius 2 is 2.31 bits per heavy atom. The van der Waals surface area contributed by atoms with Gasteiger partial charge in [0.1, 0.15) is 0 Å². The van der Waals surface area contributed by atoms with E-state index in [4.69, 9.17) is 0 Å². The van der Waals surface area contributed by atoms with Crippen LogP contribution < -0.4 is 0 Å². The zero-order valence-electron chi connectivity index (χ0n) is 7.93. The maximum Gasteiger partial charge on any atom is 0.186 e. The quantitative estimate of drug-likeness (QED) is 0.603. The predicted molar refractivity (Wildman–Crippen MR) is 54.4 cm³/mol. The van der Waals surface area contributed by atoms with Crippen molar-refractivity contribution in [2.24, 2.45) is 20.5 Å². The van der Waals surface area contributed by atoms with Gasteiger partial charge in [-0.25, -0.2) is 4.99 Å². The second kappa shape index (κ2) is 3.14. The van der Waals surface area contributed by atoms with Crippen LogP contribution in [0, 0.1) is 5.92 Å². The van der Waals surface area contributed by atoms with Crippen molar-refractivity contribution >= 4 is 17.8 Å². The Morgan fingerprint density at radius 3 is 3.00 bits per heavy atom. The van der Waals surface area contributed by atoms with Crippen LogP contribution in [0.2, 0.25) is 0 Å². The van der Waals surface area contributed by atoms with E-state index in [1.165, 1.54) is 11.9 Å². The van der Waals surface area contributed by atoms with E-state index in [0.717, 1.165) is 11.5 Å². The lowest BCUT2D eigenvalue weighted by Gasteiger charge is -2.25. The predicted octanol–water partition coefficient (Wildman–Crippen LogP) is 2.27. The number of amidine groups is 1. The summed E-state index contributed by atoms with van der Waals surface area (Å²) in [6, 6.07) is 0. The van der Waals surface area contributed by atoms with Crippen molar-refractivity contribution < 1.29 is 0 Å². The smallest absolute Gasteiger partial charge is 0.186 e. The van der Waals surface area contributed by atoms with Gasteiger partial charge < -0.3 is 4.90 Å². The molecule has 70 valence electrons. The summed E-state index contributed by atoms with van der Waals surface area (Å²) < 4.78 is 3.91. The van der Waals surface area contributed by atoms with Gasteiger partial charge in [0.2, 0.25) is 0 Å². The first-order valence-electron chi connectivity index (χ1n) is 4.27. The molecule has 0 aromatic heterocycles. The number of allylic oxidation sites excluding steroid dienone is 1. The van der Waals surface area contributed by atoms with Gasteiger partial charge in [0.25, 0.3) is 0 Å². The van der Waals surface area contributed by atoms with Gasteiger partial charge in [-0.05, 0) is 5.92 Å². The third-order valence-electron chi connectivity index (χ3n) is 2.05. The molecular weight excluding hydrogens is 184 g/mol. The molecule has 2 heterocycles. The van der Waals surface area contributed by atoms with E-state index in [1.54, 1.807) is 0 Å². The normalized spacial score (nSPS) is 26.2. The molecule has 0 aromatic rings. The molecule has 0 bridgehead atoms. The Hall–Kier alpha value is -0.840. The topological polar surface area (TPSA) is 40.3 Å². The lowest BCUT2D eigenvalue weighted by molar-refractivity contribution is 0.472. The number of hydrogen-bond donors (Lipinski definition) is 0. The Kier molecular flexibility index (Phi) is 2.11. The second-order valence-electron chi connectivity index (χ2n) is 3.48. The van der Waals surface area contributed by atoms with Crippen LogP contribution in [0.3, 0.4) is 0 Å². The zero-order chi connectivity index (χ0) is 9.42. The van der Waals surface area contributed by atoms with Crippen molar-refractivity contribution in [3.63, 3.8) is 0 Å². The molecule has 0 fully saturated rings. The van der Waals surface area contributed by atoms with Gasteiger partial charge in [-0.1, -0.05) is 13.8 Å². The molecule has 0 amide bonds. The maximum atomic E-state index is 4.45. The Balaban J connectivity index is 2.30. The van der Waals surface area contributed by atoms with Gasteiger partial charge in [-0.3, -0.25) is 0 Å². The van der Waals surface area contributed by atoms with E-state index >= 15 is 0 Å². The molecule has 0 N–H and O–H groups in total. The lowest BCUT2D eigenvalue weighted by Crippen LogP contribution is -2.32. The van der Waals surface area contributed by atoms with E-state index in [2.05, 4.69) is 39.6 Å². The van der Waals surface area contributed by atoms with Gasteiger partial charge in [0.05, 0.1) is 5.70 Å². The summed E-state index contributed by atoms with van der Waals surface area (Å²) >= 11 is 1.46. The molecular formula is C8H12N4S. The average molecular weight is 196 g/mol. The Labute approximate surface area is 82.0 Å². The minimum absolute atomic E-state index is 0.197. The van der Waals surface area contributed by atoms with Gasteiger partial charge in [0.15, 0.2) is 11.2 Å². The van der Waals surface area contributed by atoms with Crippen molar-refractivity contribution in [1.82, 2.24) is 4.90 Å². The number of aliphatic imine (C=N–C) groups is 1. The van der Waals surface area contributed by atoms with Crippen LogP contribution in [0.15, 0.2) is 26.5 Å². The Bertz CT molecular complexity index is 305. The summed E-state index contributed by atoms with van der Waals surface area (Å²) in [4.78, 5) is 6.56. The van der Waals surface area contributed by atoms with Crippen molar-refractivity contribution in [3.05, 3.63) is 11.9 Å². The molecule has 2 aliphatic rings. The molecule has 0 aromatic carbocycles.